The first kappa shape index (κ1) is 14.7. The van der Waals surface area contributed by atoms with E-state index < -0.39 is 10.2 Å². The molecule has 7 heteroatoms. The van der Waals surface area contributed by atoms with Crippen molar-refractivity contribution in [3.63, 3.8) is 0 Å². The first-order valence-electron chi connectivity index (χ1n) is 6.64. The van der Waals surface area contributed by atoms with Crippen molar-refractivity contribution in [1.29, 1.82) is 5.26 Å². The van der Waals surface area contributed by atoms with Crippen LogP contribution < -0.4 is 0 Å². The summed E-state index contributed by atoms with van der Waals surface area (Å²) in [6.45, 7) is 5.18. The van der Waals surface area contributed by atoms with E-state index in [4.69, 9.17) is 5.26 Å². The van der Waals surface area contributed by atoms with E-state index in [0.717, 1.165) is 13.1 Å². The van der Waals surface area contributed by atoms with Crippen LogP contribution in [0.25, 0.3) is 0 Å². The molecule has 0 N–H and O–H groups in total. The van der Waals surface area contributed by atoms with E-state index in [0.29, 0.717) is 24.9 Å². The summed E-state index contributed by atoms with van der Waals surface area (Å²) in [5.41, 5.74) is 0. The predicted octanol–water partition coefficient (Wildman–Crippen LogP) is -0.184. The molecule has 108 valence electrons. The molecule has 0 aromatic heterocycles. The van der Waals surface area contributed by atoms with Crippen LogP contribution in [-0.2, 0) is 10.2 Å². The van der Waals surface area contributed by atoms with Gasteiger partial charge in [0, 0.05) is 39.8 Å². The molecule has 2 saturated heterocycles. The normalized spacial score (nSPS) is 30.5. The fourth-order valence-electron chi connectivity index (χ4n) is 3.09. The molecule has 0 amide bonds. The lowest BCUT2D eigenvalue weighted by Gasteiger charge is -2.25. The predicted molar refractivity (Wildman–Crippen MR) is 72.4 cm³/mol. The number of nitriles is 1. The first-order valence-corrected chi connectivity index (χ1v) is 8.04. The number of hydrogen-bond acceptors (Lipinski definition) is 4. The van der Waals surface area contributed by atoms with Gasteiger partial charge in [0.1, 0.15) is 0 Å². The van der Waals surface area contributed by atoms with Crippen LogP contribution in [0, 0.1) is 29.1 Å². The lowest BCUT2D eigenvalue weighted by atomic mass is 10.0. The quantitative estimate of drug-likeness (QED) is 0.719. The van der Waals surface area contributed by atoms with Gasteiger partial charge >= 0.3 is 0 Å². The maximum atomic E-state index is 12.4. The second kappa shape index (κ2) is 5.37. The zero-order valence-electron chi connectivity index (χ0n) is 11.8. The number of likely N-dealkylation sites (tertiary alicyclic amines) is 1. The minimum Gasteiger partial charge on any atom is -0.306 e. The highest BCUT2D eigenvalue weighted by atomic mass is 32.2. The van der Waals surface area contributed by atoms with Crippen LogP contribution in [0.5, 0.6) is 0 Å². The van der Waals surface area contributed by atoms with Gasteiger partial charge in [-0.1, -0.05) is 0 Å². The van der Waals surface area contributed by atoms with Crippen molar-refractivity contribution in [3.8, 4) is 6.07 Å². The summed E-state index contributed by atoms with van der Waals surface area (Å²) in [5.74, 6) is 0.635. The molecule has 3 atom stereocenters. The standard InChI is InChI=1S/C12H22N4O2S/c1-10(4-13)5-15(3)19(17,18)16-8-11-6-14(2)7-12(11)9-16/h10-12H,5-9H2,1-3H3/t10-,11-,12+/m1/s1. The summed E-state index contributed by atoms with van der Waals surface area (Å²) < 4.78 is 27.7. The molecule has 2 rings (SSSR count). The molecule has 2 heterocycles. The molecular weight excluding hydrogens is 264 g/mol. The zero-order valence-corrected chi connectivity index (χ0v) is 12.6. The fourth-order valence-corrected chi connectivity index (χ4v) is 4.66. The number of nitrogens with zero attached hydrogens (tertiary/aromatic N) is 4. The van der Waals surface area contributed by atoms with Gasteiger partial charge in [-0.15, -0.1) is 0 Å². The van der Waals surface area contributed by atoms with Crippen LogP contribution in [0.15, 0.2) is 0 Å². The van der Waals surface area contributed by atoms with Crippen molar-refractivity contribution < 1.29 is 8.42 Å². The molecule has 0 aliphatic carbocycles. The van der Waals surface area contributed by atoms with E-state index in [1.807, 2.05) is 0 Å². The maximum absolute atomic E-state index is 12.4. The average Bonchev–Trinajstić information content (AvgIpc) is 2.85. The Morgan fingerprint density at radius 2 is 1.84 bits per heavy atom. The molecule has 2 aliphatic rings. The lowest BCUT2D eigenvalue weighted by molar-refractivity contribution is 0.330. The highest BCUT2D eigenvalue weighted by Gasteiger charge is 2.44. The topological polar surface area (TPSA) is 67.6 Å². The Kier molecular flexibility index (Phi) is 4.16. The maximum Gasteiger partial charge on any atom is 0.281 e. The molecule has 2 aliphatic heterocycles. The Labute approximate surface area is 115 Å². The molecule has 6 nitrogen and oxygen atoms in total. The van der Waals surface area contributed by atoms with Crippen LogP contribution >= 0.6 is 0 Å². The van der Waals surface area contributed by atoms with E-state index in [1.54, 1.807) is 18.3 Å². The van der Waals surface area contributed by atoms with Crippen molar-refractivity contribution in [1.82, 2.24) is 13.5 Å². The monoisotopic (exact) mass is 286 g/mol. The first-order chi connectivity index (χ1) is 8.84. The van der Waals surface area contributed by atoms with Crippen molar-refractivity contribution in [2.75, 3.05) is 46.8 Å². The van der Waals surface area contributed by atoms with Gasteiger partial charge in [-0.3, -0.25) is 0 Å². The second-order valence-electron chi connectivity index (χ2n) is 5.88. The Bertz CT molecular complexity index is 459. The lowest BCUT2D eigenvalue weighted by Crippen LogP contribution is -2.43. The van der Waals surface area contributed by atoms with E-state index in [2.05, 4.69) is 18.0 Å². The van der Waals surface area contributed by atoms with Gasteiger partial charge < -0.3 is 4.90 Å². The van der Waals surface area contributed by atoms with Gasteiger partial charge in [0.2, 0.25) is 0 Å². The third-order valence-electron chi connectivity index (χ3n) is 4.11. The van der Waals surface area contributed by atoms with Gasteiger partial charge in [0.25, 0.3) is 10.2 Å². The molecule has 0 spiro atoms. The summed E-state index contributed by atoms with van der Waals surface area (Å²) in [6, 6.07) is 2.07. The zero-order chi connectivity index (χ0) is 14.2. The van der Waals surface area contributed by atoms with Crippen molar-refractivity contribution in [2.45, 2.75) is 6.92 Å². The van der Waals surface area contributed by atoms with E-state index in [9.17, 15) is 8.42 Å². The van der Waals surface area contributed by atoms with Crippen LogP contribution in [0.4, 0.5) is 0 Å². The Morgan fingerprint density at radius 1 is 1.32 bits per heavy atom. The Balaban J connectivity index is 2.00. The highest BCUT2D eigenvalue weighted by molar-refractivity contribution is 7.86. The SMILES string of the molecule is C[C@H](C#N)CN(C)S(=O)(=O)N1C[C@H]2CN(C)C[C@H]2C1. The molecule has 0 bridgehead atoms. The van der Waals surface area contributed by atoms with Gasteiger partial charge in [-0.25, -0.2) is 0 Å². The minimum atomic E-state index is -3.41. The molecule has 2 fully saturated rings. The summed E-state index contributed by atoms with van der Waals surface area (Å²) in [4.78, 5) is 2.26. The van der Waals surface area contributed by atoms with Crippen molar-refractivity contribution in [2.24, 2.45) is 17.8 Å². The number of hydrogen-bond donors (Lipinski definition) is 0. The Hall–Kier alpha value is -0.680. The molecular formula is C12H22N4O2S. The van der Waals surface area contributed by atoms with E-state index in [-0.39, 0.29) is 12.5 Å². The number of rotatable bonds is 4. The summed E-state index contributed by atoms with van der Waals surface area (Å²) in [7, 11) is 0.234. The van der Waals surface area contributed by atoms with Crippen LogP contribution in [0.3, 0.4) is 0 Å². The summed E-state index contributed by atoms with van der Waals surface area (Å²) >= 11 is 0. The van der Waals surface area contributed by atoms with Gasteiger partial charge in [-0.2, -0.15) is 22.3 Å². The highest BCUT2D eigenvalue weighted by Crippen LogP contribution is 2.32. The smallest absolute Gasteiger partial charge is 0.281 e. The molecule has 0 aromatic carbocycles. The molecule has 0 radical (unpaired) electrons. The van der Waals surface area contributed by atoms with Crippen LogP contribution in [-0.4, -0.2) is 68.7 Å². The number of fused-ring (bicyclic) bond motifs is 1. The van der Waals surface area contributed by atoms with Crippen LogP contribution in [0.1, 0.15) is 6.92 Å². The molecule has 19 heavy (non-hydrogen) atoms. The van der Waals surface area contributed by atoms with Gasteiger partial charge in [-0.05, 0) is 25.8 Å². The van der Waals surface area contributed by atoms with Gasteiger partial charge in [0.05, 0.1) is 12.0 Å². The molecule has 0 unspecified atom stereocenters. The molecule has 0 saturated carbocycles. The van der Waals surface area contributed by atoms with Gasteiger partial charge in [0.15, 0.2) is 0 Å². The van der Waals surface area contributed by atoms with E-state index >= 15 is 0 Å². The third kappa shape index (κ3) is 2.92. The fraction of sp³-hybridized carbons (Fsp3) is 0.917. The Morgan fingerprint density at radius 3 is 2.32 bits per heavy atom. The summed E-state index contributed by atoms with van der Waals surface area (Å²) in [5, 5.41) is 8.78. The van der Waals surface area contributed by atoms with E-state index in [1.165, 1.54) is 4.31 Å². The second-order valence-corrected chi connectivity index (χ2v) is 7.91. The average molecular weight is 286 g/mol. The largest absolute Gasteiger partial charge is 0.306 e. The minimum absolute atomic E-state index is 0.255. The molecule has 0 aromatic rings. The summed E-state index contributed by atoms with van der Waals surface area (Å²) in [6.07, 6.45) is 0. The van der Waals surface area contributed by atoms with Crippen molar-refractivity contribution >= 4 is 10.2 Å². The van der Waals surface area contributed by atoms with Crippen molar-refractivity contribution in [3.05, 3.63) is 0 Å². The third-order valence-corrected chi connectivity index (χ3v) is 5.99. The van der Waals surface area contributed by atoms with Crippen LogP contribution in [0.2, 0.25) is 0 Å².